The van der Waals surface area contributed by atoms with Gasteiger partial charge in [-0.15, -0.1) is 0 Å². The minimum atomic E-state index is 0.753. The standard InChI is InChI=1S/C15H16N4/c1-2-9-19-14-7-8-17-10-13(14)18-15(19)11-5-3-4-6-12(11)16/h3-8,10H,2,9,16H2,1H3. The number of benzene rings is 1. The maximum Gasteiger partial charge on any atom is 0.143 e. The van der Waals surface area contributed by atoms with E-state index < -0.39 is 0 Å². The van der Waals surface area contributed by atoms with E-state index in [0.717, 1.165) is 41.1 Å². The van der Waals surface area contributed by atoms with Crippen molar-refractivity contribution >= 4 is 16.7 Å². The molecular weight excluding hydrogens is 236 g/mol. The van der Waals surface area contributed by atoms with Gasteiger partial charge in [-0.2, -0.15) is 0 Å². The molecule has 96 valence electrons. The topological polar surface area (TPSA) is 56.7 Å². The van der Waals surface area contributed by atoms with Gasteiger partial charge >= 0.3 is 0 Å². The number of aryl methyl sites for hydroxylation is 1. The fourth-order valence-corrected chi connectivity index (χ4v) is 2.34. The van der Waals surface area contributed by atoms with Crippen LogP contribution in [0, 0.1) is 0 Å². The van der Waals surface area contributed by atoms with Gasteiger partial charge in [0.05, 0.1) is 11.7 Å². The number of pyridine rings is 1. The van der Waals surface area contributed by atoms with Gasteiger partial charge in [0, 0.05) is 24.0 Å². The van der Waals surface area contributed by atoms with E-state index in [2.05, 4.69) is 21.5 Å². The Hall–Kier alpha value is -2.36. The lowest BCUT2D eigenvalue weighted by Gasteiger charge is -2.09. The lowest BCUT2D eigenvalue weighted by molar-refractivity contribution is 0.704. The van der Waals surface area contributed by atoms with Crippen molar-refractivity contribution in [3.63, 3.8) is 0 Å². The molecule has 0 aliphatic rings. The quantitative estimate of drug-likeness (QED) is 0.729. The first-order valence-corrected chi connectivity index (χ1v) is 6.46. The Labute approximate surface area is 111 Å². The summed E-state index contributed by atoms with van der Waals surface area (Å²) in [6.07, 6.45) is 4.64. The SMILES string of the molecule is CCCn1c(-c2ccccc2N)nc2cnccc21. The maximum atomic E-state index is 6.07. The third-order valence-electron chi connectivity index (χ3n) is 3.20. The van der Waals surface area contributed by atoms with E-state index >= 15 is 0 Å². The predicted octanol–water partition coefficient (Wildman–Crippen LogP) is 3.09. The summed E-state index contributed by atoms with van der Waals surface area (Å²) in [7, 11) is 0. The van der Waals surface area contributed by atoms with Crippen LogP contribution in [0.2, 0.25) is 0 Å². The van der Waals surface area contributed by atoms with Crippen molar-refractivity contribution in [2.45, 2.75) is 19.9 Å². The minimum Gasteiger partial charge on any atom is -0.398 e. The molecule has 0 aliphatic heterocycles. The van der Waals surface area contributed by atoms with E-state index in [4.69, 9.17) is 5.73 Å². The highest BCUT2D eigenvalue weighted by Crippen LogP contribution is 2.28. The molecule has 1 aromatic carbocycles. The zero-order valence-electron chi connectivity index (χ0n) is 10.9. The van der Waals surface area contributed by atoms with Crippen LogP contribution in [0.25, 0.3) is 22.4 Å². The summed E-state index contributed by atoms with van der Waals surface area (Å²) >= 11 is 0. The van der Waals surface area contributed by atoms with E-state index in [1.54, 1.807) is 12.4 Å². The van der Waals surface area contributed by atoms with Crippen molar-refractivity contribution in [3.05, 3.63) is 42.7 Å². The molecular formula is C15H16N4. The summed E-state index contributed by atoms with van der Waals surface area (Å²) in [5, 5.41) is 0. The van der Waals surface area contributed by atoms with Gasteiger partial charge in [-0.25, -0.2) is 4.98 Å². The fourth-order valence-electron chi connectivity index (χ4n) is 2.34. The third kappa shape index (κ3) is 1.95. The Morgan fingerprint density at radius 3 is 2.84 bits per heavy atom. The predicted molar refractivity (Wildman–Crippen MR) is 77.7 cm³/mol. The van der Waals surface area contributed by atoms with Crippen molar-refractivity contribution in [3.8, 4) is 11.4 Å². The molecule has 19 heavy (non-hydrogen) atoms. The highest BCUT2D eigenvalue weighted by atomic mass is 15.1. The smallest absolute Gasteiger partial charge is 0.143 e. The Morgan fingerprint density at radius 1 is 1.21 bits per heavy atom. The van der Waals surface area contributed by atoms with Crippen LogP contribution in [0.5, 0.6) is 0 Å². The average molecular weight is 252 g/mol. The second kappa shape index (κ2) is 4.72. The number of imidazole rings is 1. The van der Waals surface area contributed by atoms with Crippen molar-refractivity contribution < 1.29 is 0 Å². The number of anilines is 1. The molecule has 4 heteroatoms. The molecule has 0 saturated carbocycles. The molecule has 0 saturated heterocycles. The molecule has 0 atom stereocenters. The fraction of sp³-hybridized carbons (Fsp3) is 0.200. The lowest BCUT2D eigenvalue weighted by Crippen LogP contribution is -2.01. The molecule has 2 heterocycles. The molecule has 3 aromatic rings. The van der Waals surface area contributed by atoms with Gasteiger partial charge in [0.1, 0.15) is 11.3 Å². The number of fused-ring (bicyclic) bond motifs is 1. The van der Waals surface area contributed by atoms with Crippen LogP contribution < -0.4 is 5.73 Å². The van der Waals surface area contributed by atoms with Gasteiger partial charge in [0.15, 0.2) is 0 Å². The van der Waals surface area contributed by atoms with Crippen LogP contribution in [0.1, 0.15) is 13.3 Å². The number of nitrogen functional groups attached to an aromatic ring is 1. The summed E-state index contributed by atoms with van der Waals surface area (Å²) in [5.41, 5.74) is 9.82. The Morgan fingerprint density at radius 2 is 2.05 bits per heavy atom. The van der Waals surface area contributed by atoms with Crippen LogP contribution in [0.15, 0.2) is 42.7 Å². The molecule has 0 unspecified atom stereocenters. The Bertz CT molecular complexity index is 715. The van der Waals surface area contributed by atoms with Crippen molar-refractivity contribution in [1.82, 2.24) is 14.5 Å². The van der Waals surface area contributed by atoms with Crippen LogP contribution in [0.3, 0.4) is 0 Å². The van der Waals surface area contributed by atoms with Gasteiger partial charge < -0.3 is 10.3 Å². The molecule has 0 bridgehead atoms. The van der Waals surface area contributed by atoms with Crippen LogP contribution in [-0.4, -0.2) is 14.5 Å². The molecule has 2 N–H and O–H groups in total. The van der Waals surface area contributed by atoms with Crippen molar-refractivity contribution in [2.75, 3.05) is 5.73 Å². The lowest BCUT2D eigenvalue weighted by atomic mass is 10.1. The highest BCUT2D eigenvalue weighted by molar-refractivity contribution is 5.82. The van der Waals surface area contributed by atoms with E-state index in [1.807, 2.05) is 30.3 Å². The second-order valence-corrected chi connectivity index (χ2v) is 4.54. The number of aromatic nitrogens is 3. The summed E-state index contributed by atoms with van der Waals surface area (Å²) in [6.45, 7) is 3.08. The highest BCUT2D eigenvalue weighted by Gasteiger charge is 2.13. The first-order valence-electron chi connectivity index (χ1n) is 6.46. The first kappa shape index (κ1) is 11.7. The average Bonchev–Trinajstić information content (AvgIpc) is 2.79. The third-order valence-corrected chi connectivity index (χ3v) is 3.20. The molecule has 0 aliphatic carbocycles. The van der Waals surface area contributed by atoms with E-state index in [-0.39, 0.29) is 0 Å². The van der Waals surface area contributed by atoms with Crippen LogP contribution >= 0.6 is 0 Å². The number of nitrogens with zero attached hydrogens (tertiary/aromatic N) is 3. The van der Waals surface area contributed by atoms with Gasteiger partial charge in [0.25, 0.3) is 0 Å². The normalized spacial score (nSPS) is 11.0. The number of hydrogen-bond acceptors (Lipinski definition) is 3. The van der Waals surface area contributed by atoms with Gasteiger partial charge in [-0.1, -0.05) is 19.1 Å². The largest absolute Gasteiger partial charge is 0.398 e. The summed E-state index contributed by atoms with van der Waals surface area (Å²) in [6, 6.07) is 9.84. The van der Waals surface area contributed by atoms with Gasteiger partial charge in [-0.3, -0.25) is 4.98 Å². The molecule has 3 rings (SSSR count). The monoisotopic (exact) mass is 252 g/mol. The molecule has 2 aromatic heterocycles. The molecule has 0 spiro atoms. The molecule has 0 amide bonds. The van der Waals surface area contributed by atoms with Crippen LogP contribution in [0.4, 0.5) is 5.69 Å². The second-order valence-electron chi connectivity index (χ2n) is 4.54. The maximum absolute atomic E-state index is 6.07. The van der Waals surface area contributed by atoms with E-state index in [0.29, 0.717) is 0 Å². The molecule has 0 fully saturated rings. The van der Waals surface area contributed by atoms with Crippen molar-refractivity contribution in [1.29, 1.82) is 0 Å². The first-order chi connectivity index (χ1) is 9.31. The zero-order valence-corrected chi connectivity index (χ0v) is 10.9. The van der Waals surface area contributed by atoms with E-state index in [9.17, 15) is 0 Å². The van der Waals surface area contributed by atoms with Gasteiger partial charge in [-0.05, 0) is 24.6 Å². The number of rotatable bonds is 3. The minimum absolute atomic E-state index is 0.753. The molecule has 4 nitrogen and oxygen atoms in total. The molecule has 0 radical (unpaired) electrons. The summed E-state index contributed by atoms with van der Waals surface area (Å²) in [5.74, 6) is 0.919. The summed E-state index contributed by atoms with van der Waals surface area (Å²) < 4.78 is 2.21. The number of nitrogens with two attached hydrogens (primary N) is 1. The number of para-hydroxylation sites is 1. The zero-order chi connectivity index (χ0) is 13.2. The van der Waals surface area contributed by atoms with Crippen molar-refractivity contribution in [2.24, 2.45) is 0 Å². The van der Waals surface area contributed by atoms with Crippen LogP contribution in [-0.2, 0) is 6.54 Å². The number of hydrogen-bond donors (Lipinski definition) is 1. The van der Waals surface area contributed by atoms with E-state index in [1.165, 1.54) is 0 Å². The Balaban J connectivity index is 2.28. The summed E-state index contributed by atoms with van der Waals surface area (Å²) in [4.78, 5) is 8.82. The Kier molecular flexibility index (Phi) is 2.91. The van der Waals surface area contributed by atoms with Gasteiger partial charge in [0.2, 0.25) is 0 Å².